The van der Waals surface area contributed by atoms with Gasteiger partial charge in [-0.1, -0.05) is 0 Å². The predicted molar refractivity (Wildman–Crippen MR) is 61.2 cm³/mol. The molecule has 18 heavy (non-hydrogen) atoms. The normalized spacial score (nSPS) is 10.7. The number of aryl methyl sites for hydroxylation is 1. The van der Waals surface area contributed by atoms with Crippen molar-refractivity contribution in [1.82, 2.24) is 25.2 Å². The molecule has 96 valence electrons. The lowest BCUT2D eigenvalue weighted by molar-refractivity contribution is 0.550. The SMILES string of the molecule is CCNc1nc(Sc2nnnn2C)c(F)cc1F. The Morgan fingerprint density at radius 1 is 1.39 bits per heavy atom. The number of anilines is 1. The molecule has 0 radical (unpaired) electrons. The number of nitrogens with one attached hydrogen (secondary N) is 1. The fraction of sp³-hybridized carbons (Fsp3) is 0.333. The third-order valence-corrected chi connectivity index (χ3v) is 3.02. The van der Waals surface area contributed by atoms with Crippen molar-refractivity contribution in [3.05, 3.63) is 17.7 Å². The van der Waals surface area contributed by atoms with Crippen molar-refractivity contribution in [2.45, 2.75) is 17.1 Å². The molecule has 0 fully saturated rings. The largest absolute Gasteiger partial charge is 0.368 e. The maximum Gasteiger partial charge on any atom is 0.215 e. The van der Waals surface area contributed by atoms with Gasteiger partial charge in [-0.2, -0.15) is 0 Å². The number of tetrazole rings is 1. The highest BCUT2D eigenvalue weighted by molar-refractivity contribution is 7.99. The number of nitrogens with zero attached hydrogens (tertiary/aromatic N) is 5. The molecular formula is C9H10F2N6S. The number of halogens is 2. The Bertz CT molecular complexity index is 558. The Kier molecular flexibility index (Phi) is 3.70. The van der Waals surface area contributed by atoms with E-state index in [0.29, 0.717) is 11.7 Å². The molecule has 0 aromatic carbocycles. The van der Waals surface area contributed by atoms with Crippen LogP contribution in [-0.4, -0.2) is 31.7 Å². The number of hydrogen-bond acceptors (Lipinski definition) is 6. The maximum absolute atomic E-state index is 13.6. The summed E-state index contributed by atoms with van der Waals surface area (Å²) < 4.78 is 28.3. The summed E-state index contributed by atoms with van der Waals surface area (Å²) in [4.78, 5) is 3.87. The van der Waals surface area contributed by atoms with Gasteiger partial charge in [0.1, 0.15) is 5.03 Å². The average Bonchev–Trinajstić information content (AvgIpc) is 2.71. The summed E-state index contributed by atoms with van der Waals surface area (Å²) in [6.45, 7) is 2.29. The highest BCUT2D eigenvalue weighted by atomic mass is 32.2. The zero-order chi connectivity index (χ0) is 13.1. The molecule has 0 amide bonds. The van der Waals surface area contributed by atoms with Crippen LogP contribution in [0.4, 0.5) is 14.6 Å². The summed E-state index contributed by atoms with van der Waals surface area (Å²) in [5.74, 6) is -1.46. The molecule has 0 unspecified atom stereocenters. The quantitative estimate of drug-likeness (QED) is 0.909. The van der Waals surface area contributed by atoms with Crippen molar-refractivity contribution in [3.8, 4) is 0 Å². The maximum atomic E-state index is 13.6. The molecule has 0 saturated carbocycles. The van der Waals surface area contributed by atoms with E-state index >= 15 is 0 Å². The molecule has 6 nitrogen and oxygen atoms in total. The van der Waals surface area contributed by atoms with Crippen molar-refractivity contribution < 1.29 is 8.78 Å². The van der Waals surface area contributed by atoms with Crippen LogP contribution in [0.5, 0.6) is 0 Å². The average molecular weight is 272 g/mol. The molecule has 2 aromatic rings. The van der Waals surface area contributed by atoms with E-state index in [1.807, 2.05) is 0 Å². The lowest BCUT2D eigenvalue weighted by Crippen LogP contribution is -2.04. The summed E-state index contributed by atoms with van der Waals surface area (Å²) in [5.41, 5.74) is 0. The first-order valence-electron chi connectivity index (χ1n) is 5.12. The lowest BCUT2D eigenvalue weighted by atomic mass is 10.4. The molecule has 0 aliphatic heterocycles. The predicted octanol–water partition coefficient (Wildman–Crippen LogP) is 1.47. The zero-order valence-electron chi connectivity index (χ0n) is 9.68. The van der Waals surface area contributed by atoms with E-state index in [0.717, 1.165) is 17.8 Å². The van der Waals surface area contributed by atoms with Gasteiger partial charge in [0.2, 0.25) is 5.16 Å². The van der Waals surface area contributed by atoms with Crippen LogP contribution < -0.4 is 5.32 Å². The van der Waals surface area contributed by atoms with Gasteiger partial charge >= 0.3 is 0 Å². The first-order valence-corrected chi connectivity index (χ1v) is 5.93. The summed E-state index contributed by atoms with van der Waals surface area (Å²) in [5, 5.41) is 13.8. The van der Waals surface area contributed by atoms with Gasteiger partial charge in [0.25, 0.3) is 0 Å². The summed E-state index contributed by atoms with van der Waals surface area (Å²) in [7, 11) is 1.62. The van der Waals surface area contributed by atoms with Crippen molar-refractivity contribution in [3.63, 3.8) is 0 Å². The van der Waals surface area contributed by atoms with Crippen molar-refractivity contribution >= 4 is 17.6 Å². The van der Waals surface area contributed by atoms with Gasteiger partial charge in [0, 0.05) is 19.7 Å². The molecule has 0 bridgehead atoms. The highest BCUT2D eigenvalue weighted by Gasteiger charge is 2.15. The smallest absolute Gasteiger partial charge is 0.215 e. The Labute approximate surface area is 106 Å². The minimum atomic E-state index is -0.748. The van der Waals surface area contributed by atoms with Crippen molar-refractivity contribution in [1.29, 1.82) is 0 Å². The van der Waals surface area contributed by atoms with E-state index in [1.54, 1.807) is 14.0 Å². The zero-order valence-corrected chi connectivity index (χ0v) is 10.5. The van der Waals surface area contributed by atoms with Crippen LogP contribution in [0.25, 0.3) is 0 Å². The van der Waals surface area contributed by atoms with E-state index in [1.165, 1.54) is 4.68 Å². The van der Waals surface area contributed by atoms with Crippen molar-refractivity contribution in [2.75, 3.05) is 11.9 Å². The van der Waals surface area contributed by atoms with Crippen LogP contribution in [-0.2, 0) is 7.05 Å². The van der Waals surface area contributed by atoms with E-state index in [4.69, 9.17) is 0 Å². The molecule has 2 rings (SSSR count). The Morgan fingerprint density at radius 3 is 2.78 bits per heavy atom. The van der Waals surface area contributed by atoms with Gasteiger partial charge in [-0.15, -0.1) is 5.10 Å². The Morgan fingerprint density at radius 2 is 2.17 bits per heavy atom. The van der Waals surface area contributed by atoms with Gasteiger partial charge in [0.15, 0.2) is 17.5 Å². The molecule has 2 aromatic heterocycles. The second-order valence-electron chi connectivity index (χ2n) is 3.32. The Hall–Kier alpha value is -1.77. The molecule has 0 saturated heterocycles. The second kappa shape index (κ2) is 5.25. The fourth-order valence-corrected chi connectivity index (χ4v) is 1.92. The molecule has 0 spiro atoms. The number of hydrogen-bond donors (Lipinski definition) is 1. The topological polar surface area (TPSA) is 68.5 Å². The molecule has 2 heterocycles. The minimum Gasteiger partial charge on any atom is -0.368 e. The van der Waals surface area contributed by atoms with Crippen LogP contribution in [0, 0.1) is 11.6 Å². The van der Waals surface area contributed by atoms with E-state index < -0.39 is 11.6 Å². The Balaban J connectivity index is 2.32. The lowest BCUT2D eigenvalue weighted by Gasteiger charge is -2.07. The van der Waals surface area contributed by atoms with E-state index in [-0.39, 0.29) is 10.8 Å². The first kappa shape index (κ1) is 12.7. The molecule has 0 aliphatic carbocycles. The number of aromatic nitrogens is 5. The third-order valence-electron chi connectivity index (χ3n) is 2.01. The fourth-order valence-electron chi connectivity index (χ4n) is 1.21. The third kappa shape index (κ3) is 2.55. The van der Waals surface area contributed by atoms with E-state index in [2.05, 4.69) is 25.8 Å². The molecular weight excluding hydrogens is 262 g/mol. The molecule has 0 aliphatic rings. The first-order chi connectivity index (χ1) is 8.61. The standard InChI is InChI=1S/C9H10F2N6S/c1-3-12-7-5(10)4-6(11)8(13-7)18-9-14-15-16-17(9)2/h4H,3H2,1-2H3,(H,12,13). The summed E-state index contributed by atoms with van der Waals surface area (Å²) in [6, 6.07) is 0.789. The van der Waals surface area contributed by atoms with Crippen LogP contribution in [0.15, 0.2) is 16.2 Å². The second-order valence-corrected chi connectivity index (χ2v) is 4.28. The summed E-state index contributed by atoms with van der Waals surface area (Å²) in [6.07, 6.45) is 0. The van der Waals surface area contributed by atoms with Gasteiger partial charge in [0.05, 0.1) is 0 Å². The molecule has 9 heteroatoms. The van der Waals surface area contributed by atoms with Gasteiger partial charge in [-0.3, -0.25) is 0 Å². The summed E-state index contributed by atoms with van der Waals surface area (Å²) >= 11 is 0.930. The van der Waals surface area contributed by atoms with Crippen LogP contribution in [0.3, 0.4) is 0 Å². The number of rotatable bonds is 4. The van der Waals surface area contributed by atoms with Gasteiger partial charge in [-0.05, 0) is 29.1 Å². The monoisotopic (exact) mass is 272 g/mol. The van der Waals surface area contributed by atoms with Crippen LogP contribution in [0.2, 0.25) is 0 Å². The number of pyridine rings is 1. The van der Waals surface area contributed by atoms with E-state index in [9.17, 15) is 8.78 Å². The van der Waals surface area contributed by atoms with Gasteiger partial charge in [-0.25, -0.2) is 18.4 Å². The molecule has 1 N–H and O–H groups in total. The van der Waals surface area contributed by atoms with Crippen LogP contribution in [0.1, 0.15) is 6.92 Å². The molecule has 0 atom stereocenters. The minimum absolute atomic E-state index is 0.0107. The van der Waals surface area contributed by atoms with Crippen LogP contribution >= 0.6 is 11.8 Å². The van der Waals surface area contributed by atoms with Gasteiger partial charge < -0.3 is 5.32 Å². The van der Waals surface area contributed by atoms with Crippen molar-refractivity contribution in [2.24, 2.45) is 7.05 Å². The highest BCUT2D eigenvalue weighted by Crippen LogP contribution is 2.28.